The normalized spacial score (nSPS) is 18.0. The van der Waals surface area contributed by atoms with Crippen molar-refractivity contribution in [1.82, 2.24) is 10.2 Å². The van der Waals surface area contributed by atoms with Gasteiger partial charge in [-0.2, -0.15) is 0 Å². The summed E-state index contributed by atoms with van der Waals surface area (Å²) >= 11 is 0. The molecule has 0 aromatic heterocycles. The zero-order valence-corrected chi connectivity index (χ0v) is 12.4. The molecule has 1 amide bonds. The molecule has 1 unspecified atom stereocenters. The van der Waals surface area contributed by atoms with Gasteiger partial charge in [-0.3, -0.25) is 4.79 Å². The van der Waals surface area contributed by atoms with Gasteiger partial charge in [-0.25, -0.2) is 0 Å². The maximum atomic E-state index is 12.5. The van der Waals surface area contributed by atoms with Crippen LogP contribution in [0.25, 0.3) is 0 Å². The van der Waals surface area contributed by atoms with E-state index in [0.29, 0.717) is 12.5 Å². The van der Waals surface area contributed by atoms with E-state index in [2.05, 4.69) is 12.2 Å². The van der Waals surface area contributed by atoms with Crippen LogP contribution in [0.3, 0.4) is 0 Å². The standard InChI is InChI=1S/C16H24N2O2/c1-3-9-18(14-7-8-17-12-14)16(19)11-13-5-4-6-15(10-13)20-2/h4-6,10,14,17H,3,7-9,11-12H2,1-2H3. The van der Waals surface area contributed by atoms with Crippen molar-refractivity contribution in [2.45, 2.75) is 32.2 Å². The predicted octanol–water partition coefficient (Wildman–Crippen LogP) is 1.84. The number of methoxy groups -OCH3 is 1. The van der Waals surface area contributed by atoms with E-state index in [1.165, 1.54) is 0 Å². The number of benzene rings is 1. The Labute approximate surface area is 121 Å². The molecule has 0 saturated carbocycles. The highest BCUT2D eigenvalue weighted by Gasteiger charge is 2.25. The Kier molecular flexibility index (Phi) is 5.41. The average Bonchev–Trinajstić information content (AvgIpc) is 2.98. The highest BCUT2D eigenvalue weighted by atomic mass is 16.5. The minimum absolute atomic E-state index is 0.216. The second-order valence-corrected chi connectivity index (χ2v) is 5.26. The van der Waals surface area contributed by atoms with Crippen LogP contribution in [-0.2, 0) is 11.2 Å². The number of carbonyl (C=O) groups is 1. The second-order valence-electron chi connectivity index (χ2n) is 5.26. The van der Waals surface area contributed by atoms with Gasteiger partial charge in [-0.15, -0.1) is 0 Å². The highest BCUT2D eigenvalue weighted by molar-refractivity contribution is 5.79. The number of nitrogens with zero attached hydrogens (tertiary/aromatic N) is 1. The first-order valence-corrected chi connectivity index (χ1v) is 7.37. The van der Waals surface area contributed by atoms with Gasteiger partial charge >= 0.3 is 0 Å². The summed E-state index contributed by atoms with van der Waals surface area (Å²) in [6.07, 6.45) is 2.51. The summed E-state index contributed by atoms with van der Waals surface area (Å²) in [6, 6.07) is 8.11. The Morgan fingerprint density at radius 2 is 2.35 bits per heavy atom. The third kappa shape index (κ3) is 3.73. The molecule has 1 fully saturated rings. The zero-order valence-electron chi connectivity index (χ0n) is 12.4. The number of ether oxygens (including phenoxy) is 1. The van der Waals surface area contributed by atoms with Gasteiger partial charge in [0.25, 0.3) is 0 Å². The number of nitrogens with one attached hydrogen (secondary N) is 1. The van der Waals surface area contributed by atoms with Crippen molar-refractivity contribution in [3.63, 3.8) is 0 Å². The van der Waals surface area contributed by atoms with Crippen molar-refractivity contribution in [3.05, 3.63) is 29.8 Å². The van der Waals surface area contributed by atoms with Crippen molar-refractivity contribution in [2.75, 3.05) is 26.7 Å². The molecule has 1 heterocycles. The highest BCUT2D eigenvalue weighted by Crippen LogP contribution is 2.16. The Morgan fingerprint density at radius 3 is 3.00 bits per heavy atom. The number of carbonyl (C=O) groups excluding carboxylic acids is 1. The van der Waals surface area contributed by atoms with Crippen LogP contribution < -0.4 is 10.1 Å². The van der Waals surface area contributed by atoms with Crippen LogP contribution >= 0.6 is 0 Å². The molecule has 20 heavy (non-hydrogen) atoms. The summed E-state index contributed by atoms with van der Waals surface area (Å²) in [5.74, 6) is 1.02. The van der Waals surface area contributed by atoms with Gasteiger partial charge in [-0.1, -0.05) is 19.1 Å². The molecule has 1 aliphatic heterocycles. The fourth-order valence-corrected chi connectivity index (χ4v) is 2.72. The van der Waals surface area contributed by atoms with Crippen LogP contribution in [0.2, 0.25) is 0 Å². The van der Waals surface area contributed by atoms with Crippen LogP contribution in [0.1, 0.15) is 25.3 Å². The van der Waals surface area contributed by atoms with E-state index in [1.54, 1.807) is 7.11 Å². The first kappa shape index (κ1) is 14.9. The third-order valence-electron chi connectivity index (χ3n) is 3.75. The van der Waals surface area contributed by atoms with E-state index in [0.717, 1.165) is 43.8 Å². The molecule has 1 saturated heterocycles. The van der Waals surface area contributed by atoms with Crippen molar-refractivity contribution < 1.29 is 9.53 Å². The molecule has 0 bridgehead atoms. The molecule has 2 rings (SSSR count). The first-order valence-electron chi connectivity index (χ1n) is 7.37. The van der Waals surface area contributed by atoms with Crippen LogP contribution in [0.4, 0.5) is 0 Å². The van der Waals surface area contributed by atoms with E-state index in [1.807, 2.05) is 29.2 Å². The predicted molar refractivity (Wildman–Crippen MR) is 80.0 cm³/mol. The molecular formula is C16H24N2O2. The molecule has 110 valence electrons. The van der Waals surface area contributed by atoms with Gasteiger partial charge in [0.15, 0.2) is 0 Å². The molecule has 0 radical (unpaired) electrons. The third-order valence-corrected chi connectivity index (χ3v) is 3.75. The van der Waals surface area contributed by atoms with E-state index >= 15 is 0 Å². The van der Waals surface area contributed by atoms with E-state index < -0.39 is 0 Å². The zero-order chi connectivity index (χ0) is 14.4. The molecule has 4 heteroatoms. The molecule has 1 aliphatic rings. The van der Waals surface area contributed by atoms with Gasteiger partial charge in [0.05, 0.1) is 13.5 Å². The van der Waals surface area contributed by atoms with Crippen LogP contribution in [-0.4, -0.2) is 43.6 Å². The minimum Gasteiger partial charge on any atom is -0.497 e. The lowest BCUT2D eigenvalue weighted by molar-refractivity contribution is -0.132. The number of rotatable bonds is 6. The molecule has 0 aliphatic carbocycles. The lowest BCUT2D eigenvalue weighted by atomic mass is 10.1. The average molecular weight is 276 g/mol. The quantitative estimate of drug-likeness (QED) is 0.862. The summed E-state index contributed by atoms with van der Waals surface area (Å²) in [4.78, 5) is 14.6. The Bertz CT molecular complexity index is 442. The van der Waals surface area contributed by atoms with Crippen LogP contribution in [0.5, 0.6) is 5.75 Å². The Hall–Kier alpha value is -1.55. The topological polar surface area (TPSA) is 41.6 Å². The summed E-state index contributed by atoms with van der Waals surface area (Å²) in [6.45, 7) is 4.89. The smallest absolute Gasteiger partial charge is 0.227 e. The lowest BCUT2D eigenvalue weighted by Crippen LogP contribution is -2.42. The molecule has 1 aromatic carbocycles. The van der Waals surface area contributed by atoms with Gasteiger partial charge in [0.1, 0.15) is 5.75 Å². The Morgan fingerprint density at radius 1 is 1.50 bits per heavy atom. The Balaban J connectivity index is 2.03. The largest absolute Gasteiger partial charge is 0.497 e. The molecule has 1 atom stereocenters. The van der Waals surface area contributed by atoms with Gasteiger partial charge < -0.3 is 15.0 Å². The summed E-state index contributed by atoms with van der Waals surface area (Å²) in [5.41, 5.74) is 1.02. The first-order chi connectivity index (χ1) is 9.74. The molecule has 1 N–H and O–H groups in total. The fraction of sp³-hybridized carbons (Fsp3) is 0.562. The maximum absolute atomic E-state index is 12.5. The number of amides is 1. The SMILES string of the molecule is CCCN(C(=O)Cc1cccc(OC)c1)C1CCNC1. The van der Waals surface area contributed by atoms with Crippen molar-refractivity contribution in [2.24, 2.45) is 0 Å². The molecule has 1 aromatic rings. The number of hydrogen-bond acceptors (Lipinski definition) is 3. The molecule has 4 nitrogen and oxygen atoms in total. The summed E-state index contributed by atoms with van der Waals surface area (Å²) in [7, 11) is 1.65. The maximum Gasteiger partial charge on any atom is 0.227 e. The summed E-state index contributed by atoms with van der Waals surface area (Å²) in [5, 5.41) is 3.33. The second kappa shape index (κ2) is 7.29. The van der Waals surface area contributed by atoms with Gasteiger partial charge in [0, 0.05) is 19.1 Å². The summed E-state index contributed by atoms with van der Waals surface area (Å²) < 4.78 is 5.21. The van der Waals surface area contributed by atoms with Gasteiger partial charge in [0.2, 0.25) is 5.91 Å². The van der Waals surface area contributed by atoms with E-state index in [4.69, 9.17) is 4.74 Å². The number of hydrogen-bond donors (Lipinski definition) is 1. The van der Waals surface area contributed by atoms with Crippen LogP contribution in [0, 0.1) is 0 Å². The van der Waals surface area contributed by atoms with Crippen molar-refractivity contribution >= 4 is 5.91 Å². The van der Waals surface area contributed by atoms with Crippen LogP contribution in [0.15, 0.2) is 24.3 Å². The van der Waals surface area contributed by atoms with E-state index in [9.17, 15) is 4.79 Å². The monoisotopic (exact) mass is 276 g/mol. The minimum atomic E-state index is 0.216. The molecule has 0 spiro atoms. The van der Waals surface area contributed by atoms with Gasteiger partial charge in [-0.05, 0) is 37.1 Å². The lowest BCUT2D eigenvalue weighted by Gasteiger charge is -2.28. The van der Waals surface area contributed by atoms with Crippen molar-refractivity contribution in [1.29, 1.82) is 0 Å². The molecular weight excluding hydrogens is 252 g/mol. The van der Waals surface area contributed by atoms with E-state index in [-0.39, 0.29) is 5.91 Å². The van der Waals surface area contributed by atoms with Crippen molar-refractivity contribution in [3.8, 4) is 5.75 Å². The fourth-order valence-electron chi connectivity index (χ4n) is 2.72.